The standard InChI is InChI=1S/C11H21NO3/c1-4-14-11(13)7-8(2)12-10-5-6-15-9(10)3/h8-10,12H,4-7H2,1-3H3. The van der Waals surface area contributed by atoms with E-state index in [-0.39, 0.29) is 18.1 Å². The molecule has 1 aliphatic heterocycles. The summed E-state index contributed by atoms with van der Waals surface area (Å²) in [6, 6.07) is 0.521. The van der Waals surface area contributed by atoms with Crippen molar-refractivity contribution < 1.29 is 14.3 Å². The van der Waals surface area contributed by atoms with Crippen LogP contribution >= 0.6 is 0 Å². The molecule has 1 fully saturated rings. The summed E-state index contributed by atoms with van der Waals surface area (Å²) < 4.78 is 10.3. The Hall–Kier alpha value is -0.610. The summed E-state index contributed by atoms with van der Waals surface area (Å²) in [7, 11) is 0. The van der Waals surface area contributed by atoms with Crippen molar-refractivity contribution in [3.8, 4) is 0 Å². The van der Waals surface area contributed by atoms with E-state index in [0.29, 0.717) is 19.1 Å². The highest BCUT2D eigenvalue weighted by molar-refractivity contribution is 5.70. The van der Waals surface area contributed by atoms with E-state index < -0.39 is 0 Å². The number of nitrogens with one attached hydrogen (secondary N) is 1. The first-order valence-corrected chi connectivity index (χ1v) is 5.66. The van der Waals surface area contributed by atoms with Crippen LogP contribution in [0.3, 0.4) is 0 Å². The molecule has 4 heteroatoms. The lowest BCUT2D eigenvalue weighted by molar-refractivity contribution is -0.143. The van der Waals surface area contributed by atoms with Gasteiger partial charge in [0.05, 0.1) is 19.1 Å². The molecular formula is C11H21NO3. The minimum atomic E-state index is -0.135. The quantitative estimate of drug-likeness (QED) is 0.698. The second kappa shape index (κ2) is 6.08. The van der Waals surface area contributed by atoms with E-state index in [0.717, 1.165) is 13.0 Å². The third-order valence-electron chi connectivity index (χ3n) is 2.65. The van der Waals surface area contributed by atoms with Crippen molar-refractivity contribution in [1.29, 1.82) is 0 Å². The van der Waals surface area contributed by atoms with Gasteiger partial charge in [0.15, 0.2) is 0 Å². The van der Waals surface area contributed by atoms with Gasteiger partial charge in [-0.2, -0.15) is 0 Å². The molecule has 0 aromatic heterocycles. The molecule has 1 aliphatic rings. The van der Waals surface area contributed by atoms with Crippen LogP contribution in [0.15, 0.2) is 0 Å². The Balaban J connectivity index is 2.22. The molecule has 3 unspecified atom stereocenters. The van der Waals surface area contributed by atoms with Crippen molar-refractivity contribution in [2.45, 2.75) is 51.8 Å². The molecule has 0 aromatic rings. The molecule has 4 nitrogen and oxygen atoms in total. The van der Waals surface area contributed by atoms with Gasteiger partial charge >= 0.3 is 5.97 Å². The van der Waals surface area contributed by atoms with Crippen LogP contribution in [0.1, 0.15) is 33.6 Å². The molecular weight excluding hydrogens is 194 g/mol. The largest absolute Gasteiger partial charge is 0.466 e. The smallest absolute Gasteiger partial charge is 0.307 e. The lowest BCUT2D eigenvalue weighted by Gasteiger charge is -2.21. The zero-order valence-corrected chi connectivity index (χ0v) is 9.79. The van der Waals surface area contributed by atoms with Gasteiger partial charge in [-0.05, 0) is 27.2 Å². The normalized spacial score (nSPS) is 27.7. The Morgan fingerprint density at radius 2 is 2.40 bits per heavy atom. The average Bonchev–Trinajstić information content (AvgIpc) is 2.52. The first kappa shape index (κ1) is 12.5. The fourth-order valence-electron chi connectivity index (χ4n) is 1.84. The zero-order valence-electron chi connectivity index (χ0n) is 9.79. The predicted octanol–water partition coefficient (Wildman–Crippen LogP) is 1.10. The molecule has 0 bridgehead atoms. The van der Waals surface area contributed by atoms with Crippen molar-refractivity contribution in [1.82, 2.24) is 5.32 Å². The summed E-state index contributed by atoms with van der Waals surface area (Å²) in [5, 5.41) is 3.39. The number of carbonyl (C=O) groups is 1. The summed E-state index contributed by atoms with van der Waals surface area (Å²) >= 11 is 0. The molecule has 1 rings (SSSR count). The molecule has 1 saturated heterocycles. The number of hydrogen-bond donors (Lipinski definition) is 1. The minimum absolute atomic E-state index is 0.135. The van der Waals surface area contributed by atoms with E-state index in [2.05, 4.69) is 12.2 Å². The molecule has 1 heterocycles. The van der Waals surface area contributed by atoms with Crippen molar-refractivity contribution >= 4 is 5.97 Å². The molecule has 0 aliphatic carbocycles. The van der Waals surface area contributed by atoms with Gasteiger partial charge in [0.2, 0.25) is 0 Å². The molecule has 0 spiro atoms. The maximum Gasteiger partial charge on any atom is 0.307 e. The summed E-state index contributed by atoms with van der Waals surface area (Å²) in [6.07, 6.45) is 1.69. The van der Waals surface area contributed by atoms with Crippen LogP contribution in [0.2, 0.25) is 0 Å². The Kier molecular flexibility index (Phi) is 5.05. The van der Waals surface area contributed by atoms with Crippen molar-refractivity contribution in [2.24, 2.45) is 0 Å². The van der Waals surface area contributed by atoms with Crippen molar-refractivity contribution in [2.75, 3.05) is 13.2 Å². The SMILES string of the molecule is CCOC(=O)CC(C)NC1CCOC1C. The van der Waals surface area contributed by atoms with E-state index >= 15 is 0 Å². The van der Waals surface area contributed by atoms with E-state index in [9.17, 15) is 4.79 Å². The van der Waals surface area contributed by atoms with Gasteiger partial charge in [0.25, 0.3) is 0 Å². The maximum absolute atomic E-state index is 11.2. The van der Waals surface area contributed by atoms with Gasteiger partial charge in [-0.1, -0.05) is 0 Å². The Morgan fingerprint density at radius 3 is 2.93 bits per heavy atom. The zero-order chi connectivity index (χ0) is 11.3. The van der Waals surface area contributed by atoms with Crippen molar-refractivity contribution in [3.63, 3.8) is 0 Å². The predicted molar refractivity (Wildman–Crippen MR) is 57.7 cm³/mol. The highest BCUT2D eigenvalue weighted by atomic mass is 16.5. The van der Waals surface area contributed by atoms with Gasteiger partial charge in [-0.3, -0.25) is 4.79 Å². The van der Waals surface area contributed by atoms with Crippen LogP contribution in [0, 0.1) is 0 Å². The van der Waals surface area contributed by atoms with Crippen LogP contribution in [0.5, 0.6) is 0 Å². The highest BCUT2D eigenvalue weighted by Gasteiger charge is 2.25. The number of esters is 1. The van der Waals surface area contributed by atoms with Gasteiger partial charge < -0.3 is 14.8 Å². The molecule has 0 saturated carbocycles. The second-order valence-electron chi connectivity index (χ2n) is 4.05. The maximum atomic E-state index is 11.2. The number of hydrogen-bond acceptors (Lipinski definition) is 4. The average molecular weight is 215 g/mol. The van der Waals surface area contributed by atoms with Gasteiger partial charge in [0, 0.05) is 18.7 Å². The fourth-order valence-corrected chi connectivity index (χ4v) is 1.84. The Bertz CT molecular complexity index is 208. The third-order valence-corrected chi connectivity index (χ3v) is 2.65. The highest BCUT2D eigenvalue weighted by Crippen LogP contribution is 2.13. The van der Waals surface area contributed by atoms with E-state index in [4.69, 9.17) is 9.47 Å². The molecule has 15 heavy (non-hydrogen) atoms. The van der Waals surface area contributed by atoms with E-state index in [1.54, 1.807) is 0 Å². The van der Waals surface area contributed by atoms with Crippen LogP contribution in [0.25, 0.3) is 0 Å². The number of rotatable bonds is 5. The van der Waals surface area contributed by atoms with E-state index in [1.165, 1.54) is 0 Å². The monoisotopic (exact) mass is 215 g/mol. The molecule has 0 radical (unpaired) electrons. The van der Waals surface area contributed by atoms with Crippen LogP contribution in [-0.2, 0) is 14.3 Å². The van der Waals surface area contributed by atoms with Gasteiger partial charge in [0.1, 0.15) is 0 Å². The van der Waals surface area contributed by atoms with E-state index in [1.807, 2.05) is 13.8 Å². The summed E-state index contributed by atoms with van der Waals surface area (Å²) in [5.74, 6) is -0.135. The molecule has 1 N–H and O–H groups in total. The Labute approximate surface area is 91.3 Å². The second-order valence-corrected chi connectivity index (χ2v) is 4.05. The first-order chi connectivity index (χ1) is 7.13. The molecule has 88 valence electrons. The third kappa shape index (κ3) is 4.18. The van der Waals surface area contributed by atoms with Crippen LogP contribution < -0.4 is 5.32 Å². The summed E-state index contributed by atoms with van der Waals surface area (Å²) in [4.78, 5) is 11.2. The molecule has 3 atom stereocenters. The molecule has 0 amide bonds. The number of ether oxygens (including phenoxy) is 2. The van der Waals surface area contributed by atoms with Crippen LogP contribution in [0.4, 0.5) is 0 Å². The minimum Gasteiger partial charge on any atom is -0.466 e. The summed E-state index contributed by atoms with van der Waals surface area (Å²) in [6.45, 7) is 7.14. The Morgan fingerprint density at radius 1 is 1.67 bits per heavy atom. The molecule has 0 aromatic carbocycles. The number of carbonyl (C=O) groups excluding carboxylic acids is 1. The fraction of sp³-hybridized carbons (Fsp3) is 0.909. The van der Waals surface area contributed by atoms with Gasteiger partial charge in [-0.25, -0.2) is 0 Å². The lowest BCUT2D eigenvalue weighted by Crippen LogP contribution is -2.41. The topological polar surface area (TPSA) is 47.6 Å². The van der Waals surface area contributed by atoms with Gasteiger partial charge in [-0.15, -0.1) is 0 Å². The first-order valence-electron chi connectivity index (χ1n) is 5.66. The van der Waals surface area contributed by atoms with Crippen LogP contribution in [-0.4, -0.2) is 37.4 Å². The summed E-state index contributed by atoms with van der Waals surface area (Å²) in [5.41, 5.74) is 0. The lowest BCUT2D eigenvalue weighted by atomic mass is 10.1. The van der Waals surface area contributed by atoms with Crippen molar-refractivity contribution in [3.05, 3.63) is 0 Å².